The minimum atomic E-state index is -0.0953. The van der Waals surface area contributed by atoms with Gasteiger partial charge in [0.2, 0.25) is 5.91 Å². The van der Waals surface area contributed by atoms with Crippen molar-refractivity contribution in [3.63, 3.8) is 0 Å². The van der Waals surface area contributed by atoms with Gasteiger partial charge in [-0.1, -0.05) is 24.3 Å². The first-order chi connectivity index (χ1) is 8.66. The van der Waals surface area contributed by atoms with Crippen molar-refractivity contribution in [2.75, 3.05) is 27.2 Å². The second-order valence-electron chi connectivity index (χ2n) is 5.00. The third-order valence-corrected chi connectivity index (χ3v) is 3.26. The number of fused-ring (bicyclic) bond motifs is 1. The molecule has 1 atom stereocenters. The van der Waals surface area contributed by atoms with Crippen LogP contribution in [0.1, 0.15) is 11.1 Å². The maximum absolute atomic E-state index is 12.0. The van der Waals surface area contributed by atoms with Crippen molar-refractivity contribution in [1.82, 2.24) is 15.5 Å². The number of likely N-dealkylation sites (N-methyl/N-ethyl adjacent to an activating group) is 1. The van der Waals surface area contributed by atoms with Gasteiger partial charge in [0, 0.05) is 19.6 Å². The van der Waals surface area contributed by atoms with Crippen molar-refractivity contribution >= 4 is 5.91 Å². The van der Waals surface area contributed by atoms with Gasteiger partial charge in [0.05, 0.1) is 6.04 Å². The molecule has 0 spiro atoms. The molecule has 1 aliphatic heterocycles. The molecule has 2 N–H and O–H groups in total. The first kappa shape index (κ1) is 13.1. The zero-order valence-corrected chi connectivity index (χ0v) is 11.1. The van der Waals surface area contributed by atoms with Crippen LogP contribution in [0.15, 0.2) is 24.3 Å². The fourth-order valence-electron chi connectivity index (χ4n) is 2.17. The van der Waals surface area contributed by atoms with Crippen LogP contribution in [0.3, 0.4) is 0 Å². The molecule has 1 heterocycles. The zero-order valence-electron chi connectivity index (χ0n) is 11.1. The third-order valence-electron chi connectivity index (χ3n) is 3.26. The fourth-order valence-corrected chi connectivity index (χ4v) is 2.17. The standard InChI is InChI=1S/C14H21N3O/c1-17(2)8-7-15-14(18)13-9-11-5-3-4-6-12(11)10-16-13/h3-6,13,16H,7-10H2,1-2H3,(H,15,18)/t13-/m1/s1. The van der Waals surface area contributed by atoms with Gasteiger partial charge in [-0.15, -0.1) is 0 Å². The monoisotopic (exact) mass is 247 g/mol. The summed E-state index contributed by atoms with van der Waals surface area (Å²) in [5, 5.41) is 6.26. The molecule has 4 heteroatoms. The first-order valence-electron chi connectivity index (χ1n) is 6.39. The van der Waals surface area contributed by atoms with Crippen LogP contribution in [-0.4, -0.2) is 44.0 Å². The molecule has 1 aliphatic rings. The number of amides is 1. The Balaban J connectivity index is 1.87. The van der Waals surface area contributed by atoms with Gasteiger partial charge in [-0.05, 0) is 31.6 Å². The number of benzene rings is 1. The molecule has 0 aliphatic carbocycles. The van der Waals surface area contributed by atoms with Crippen molar-refractivity contribution in [3.05, 3.63) is 35.4 Å². The van der Waals surface area contributed by atoms with Crippen molar-refractivity contribution in [2.24, 2.45) is 0 Å². The second kappa shape index (κ2) is 5.98. The maximum Gasteiger partial charge on any atom is 0.237 e. The van der Waals surface area contributed by atoms with Crippen molar-refractivity contribution in [2.45, 2.75) is 19.0 Å². The SMILES string of the molecule is CN(C)CCNC(=O)[C@H]1Cc2ccccc2CN1. The Hall–Kier alpha value is -1.39. The molecule has 1 aromatic rings. The second-order valence-corrected chi connectivity index (χ2v) is 5.00. The van der Waals surface area contributed by atoms with Gasteiger partial charge in [-0.3, -0.25) is 4.79 Å². The largest absolute Gasteiger partial charge is 0.353 e. The van der Waals surface area contributed by atoms with E-state index in [1.165, 1.54) is 11.1 Å². The summed E-state index contributed by atoms with van der Waals surface area (Å²) in [6, 6.07) is 8.20. The molecule has 0 aromatic heterocycles. The van der Waals surface area contributed by atoms with E-state index < -0.39 is 0 Å². The topological polar surface area (TPSA) is 44.4 Å². The lowest BCUT2D eigenvalue weighted by Crippen LogP contribution is -2.48. The average Bonchev–Trinajstić information content (AvgIpc) is 2.37. The van der Waals surface area contributed by atoms with E-state index in [1.54, 1.807) is 0 Å². The van der Waals surface area contributed by atoms with Crippen LogP contribution in [-0.2, 0) is 17.8 Å². The summed E-state index contributed by atoms with van der Waals surface area (Å²) in [4.78, 5) is 14.1. The Labute approximate surface area is 108 Å². The smallest absolute Gasteiger partial charge is 0.237 e. The summed E-state index contributed by atoms with van der Waals surface area (Å²) in [5.41, 5.74) is 2.58. The number of carbonyl (C=O) groups is 1. The van der Waals surface area contributed by atoms with Crippen LogP contribution in [0.2, 0.25) is 0 Å². The molecule has 18 heavy (non-hydrogen) atoms. The van der Waals surface area contributed by atoms with Gasteiger partial charge in [0.15, 0.2) is 0 Å². The molecule has 0 radical (unpaired) electrons. The minimum absolute atomic E-state index is 0.0953. The van der Waals surface area contributed by atoms with Crippen molar-refractivity contribution in [1.29, 1.82) is 0 Å². The summed E-state index contributed by atoms with van der Waals surface area (Å²) in [6.07, 6.45) is 0.782. The number of hydrogen-bond donors (Lipinski definition) is 2. The zero-order chi connectivity index (χ0) is 13.0. The molecule has 2 rings (SSSR count). The summed E-state index contributed by atoms with van der Waals surface area (Å²) in [6.45, 7) is 2.35. The Morgan fingerprint density at radius 1 is 1.39 bits per heavy atom. The highest BCUT2D eigenvalue weighted by molar-refractivity contribution is 5.82. The lowest BCUT2D eigenvalue weighted by atomic mass is 9.95. The third kappa shape index (κ3) is 3.31. The molecule has 0 saturated carbocycles. The molecular weight excluding hydrogens is 226 g/mol. The predicted octanol–water partition coefficient (Wildman–Crippen LogP) is 0.379. The summed E-state index contributed by atoms with van der Waals surface area (Å²) < 4.78 is 0. The molecule has 0 fully saturated rings. The van der Waals surface area contributed by atoms with E-state index in [4.69, 9.17) is 0 Å². The fraction of sp³-hybridized carbons (Fsp3) is 0.500. The number of nitrogens with one attached hydrogen (secondary N) is 2. The van der Waals surface area contributed by atoms with E-state index in [1.807, 2.05) is 26.2 Å². The predicted molar refractivity (Wildman–Crippen MR) is 72.3 cm³/mol. The molecule has 0 saturated heterocycles. The highest BCUT2D eigenvalue weighted by atomic mass is 16.2. The molecule has 1 aromatic carbocycles. The van der Waals surface area contributed by atoms with Crippen molar-refractivity contribution < 1.29 is 4.79 Å². The number of rotatable bonds is 4. The summed E-state index contributed by atoms with van der Waals surface area (Å²) in [7, 11) is 4.00. The maximum atomic E-state index is 12.0. The van der Waals surface area contributed by atoms with E-state index in [-0.39, 0.29) is 11.9 Å². The van der Waals surface area contributed by atoms with Gasteiger partial charge in [0.25, 0.3) is 0 Å². The van der Waals surface area contributed by atoms with Crippen LogP contribution in [0.4, 0.5) is 0 Å². The Morgan fingerprint density at radius 3 is 2.83 bits per heavy atom. The van der Waals surface area contributed by atoms with Crippen LogP contribution >= 0.6 is 0 Å². The molecule has 0 unspecified atom stereocenters. The minimum Gasteiger partial charge on any atom is -0.353 e. The Kier molecular flexibility index (Phi) is 4.33. The van der Waals surface area contributed by atoms with Gasteiger partial charge >= 0.3 is 0 Å². The number of hydrogen-bond acceptors (Lipinski definition) is 3. The molecule has 98 valence electrons. The van der Waals surface area contributed by atoms with Gasteiger partial charge < -0.3 is 15.5 Å². The highest BCUT2D eigenvalue weighted by Crippen LogP contribution is 2.16. The normalized spacial score (nSPS) is 18.5. The van der Waals surface area contributed by atoms with Crippen LogP contribution in [0.5, 0.6) is 0 Å². The van der Waals surface area contributed by atoms with E-state index in [0.717, 1.165) is 19.5 Å². The lowest BCUT2D eigenvalue weighted by Gasteiger charge is -2.25. The van der Waals surface area contributed by atoms with E-state index in [9.17, 15) is 4.79 Å². The van der Waals surface area contributed by atoms with Gasteiger partial charge in [0.1, 0.15) is 0 Å². The molecular formula is C14H21N3O. The first-order valence-corrected chi connectivity index (χ1v) is 6.39. The van der Waals surface area contributed by atoms with E-state index >= 15 is 0 Å². The molecule has 4 nitrogen and oxygen atoms in total. The van der Waals surface area contributed by atoms with Gasteiger partial charge in [-0.25, -0.2) is 0 Å². The Bertz CT molecular complexity index is 417. The Morgan fingerprint density at radius 2 is 2.11 bits per heavy atom. The lowest BCUT2D eigenvalue weighted by molar-refractivity contribution is -0.123. The number of carbonyl (C=O) groups excluding carboxylic acids is 1. The highest BCUT2D eigenvalue weighted by Gasteiger charge is 2.23. The summed E-state index contributed by atoms with van der Waals surface area (Å²) in [5.74, 6) is 0.103. The van der Waals surface area contributed by atoms with Crippen LogP contribution in [0.25, 0.3) is 0 Å². The molecule has 0 bridgehead atoms. The van der Waals surface area contributed by atoms with Crippen LogP contribution in [0, 0.1) is 0 Å². The number of nitrogens with zero attached hydrogens (tertiary/aromatic N) is 1. The quantitative estimate of drug-likeness (QED) is 0.808. The van der Waals surface area contributed by atoms with E-state index in [0.29, 0.717) is 6.54 Å². The van der Waals surface area contributed by atoms with Crippen molar-refractivity contribution in [3.8, 4) is 0 Å². The van der Waals surface area contributed by atoms with Crippen LogP contribution < -0.4 is 10.6 Å². The molecule has 1 amide bonds. The van der Waals surface area contributed by atoms with Gasteiger partial charge in [-0.2, -0.15) is 0 Å². The average molecular weight is 247 g/mol. The van der Waals surface area contributed by atoms with E-state index in [2.05, 4.69) is 27.7 Å². The summed E-state index contributed by atoms with van der Waals surface area (Å²) >= 11 is 0.